The first-order valence-electron chi connectivity index (χ1n) is 23.8. The Balaban J connectivity index is 0.879. The molecule has 0 unspecified atom stereocenters. The fraction of sp³-hybridized carbons (Fsp3) is 0. The molecule has 4 heterocycles. The predicted molar refractivity (Wildman–Crippen MR) is 291 cm³/mol. The number of hydrogen-bond donors (Lipinski definition) is 0. The van der Waals surface area contributed by atoms with E-state index in [2.05, 4.69) is 240 Å². The Kier molecular flexibility index (Phi) is 9.14. The molecule has 5 nitrogen and oxygen atoms in total. The minimum Gasteiger partial charge on any atom is -0.309 e. The summed E-state index contributed by atoms with van der Waals surface area (Å²) in [5.74, 6) is 0.684. The molecular weight excluding hydrogens is 851 g/mol. The van der Waals surface area contributed by atoms with Crippen molar-refractivity contribution in [1.29, 1.82) is 0 Å². The van der Waals surface area contributed by atoms with Gasteiger partial charge < -0.3 is 9.13 Å². The number of hydrogen-bond acceptors (Lipinski definition) is 3. The number of aromatic nitrogens is 5. The second kappa shape index (κ2) is 16.1. The molecule has 0 fully saturated rings. The number of benzene rings is 10. The van der Waals surface area contributed by atoms with Crippen LogP contribution in [0.1, 0.15) is 0 Å². The standard InChI is InChI=1S/C65H41N5/c1-4-17-44(18-5-1)64-56-40-63-55(53-27-12-15-30-62(53)69(63)48-22-8-3-9-23-48)39-54(56)50-36-35-46(38-59(50)66-64)42-31-33-43(34-32-42)57-41-58(68-65(67-57)45-19-6-2-7-20-45)47-21-16-24-49(37-47)70-60-28-13-10-25-51(60)52-26-11-14-29-61(52)70/h1-41H. The van der Waals surface area contributed by atoms with Crippen LogP contribution in [0.5, 0.6) is 0 Å². The molecule has 0 saturated heterocycles. The lowest BCUT2D eigenvalue weighted by atomic mass is 9.95. The van der Waals surface area contributed by atoms with Gasteiger partial charge in [-0.3, -0.25) is 0 Å². The summed E-state index contributed by atoms with van der Waals surface area (Å²) in [4.78, 5) is 15.9. The fourth-order valence-electron chi connectivity index (χ4n) is 10.6. The molecule has 5 heteroatoms. The molecule has 0 bridgehead atoms. The van der Waals surface area contributed by atoms with Gasteiger partial charge in [0.25, 0.3) is 0 Å². The molecule has 0 atom stereocenters. The predicted octanol–water partition coefficient (Wildman–Crippen LogP) is 16.7. The van der Waals surface area contributed by atoms with Crippen molar-refractivity contribution in [2.45, 2.75) is 0 Å². The highest BCUT2D eigenvalue weighted by molar-refractivity contribution is 6.20. The van der Waals surface area contributed by atoms with Crippen molar-refractivity contribution in [3.05, 3.63) is 249 Å². The molecule has 14 rings (SSSR count). The highest BCUT2D eigenvalue weighted by Gasteiger charge is 2.19. The zero-order chi connectivity index (χ0) is 46.1. The van der Waals surface area contributed by atoms with Crippen LogP contribution in [0.15, 0.2) is 249 Å². The van der Waals surface area contributed by atoms with Gasteiger partial charge in [0, 0.05) is 65.9 Å². The van der Waals surface area contributed by atoms with Crippen LogP contribution >= 0.6 is 0 Å². The van der Waals surface area contributed by atoms with Crippen molar-refractivity contribution in [1.82, 2.24) is 24.1 Å². The fourth-order valence-corrected chi connectivity index (χ4v) is 10.6. The van der Waals surface area contributed by atoms with Crippen molar-refractivity contribution < 1.29 is 0 Å². The summed E-state index contributed by atoms with van der Waals surface area (Å²) < 4.78 is 4.73. The monoisotopic (exact) mass is 891 g/mol. The van der Waals surface area contributed by atoms with E-state index in [1.54, 1.807) is 0 Å². The van der Waals surface area contributed by atoms with E-state index in [0.29, 0.717) is 5.82 Å². The maximum Gasteiger partial charge on any atom is 0.160 e. The average Bonchev–Trinajstić information content (AvgIpc) is 3.95. The summed E-state index contributed by atoms with van der Waals surface area (Å²) in [6.45, 7) is 0. The lowest BCUT2D eigenvalue weighted by Gasteiger charge is -2.14. The molecule has 4 aromatic heterocycles. The number of pyridine rings is 1. The highest BCUT2D eigenvalue weighted by atomic mass is 15.0. The summed E-state index contributed by atoms with van der Waals surface area (Å²) in [6, 6.07) is 88.5. The van der Waals surface area contributed by atoms with E-state index in [4.69, 9.17) is 15.0 Å². The maximum absolute atomic E-state index is 5.49. The Labute approximate surface area is 403 Å². The lowest BCUT2D eigenvalue weighted by molar-refractivity contribution is 1.16. The van der Waals surface area contributed by atoms with E-state index in [-0.39, 0.29) is 0 Å². The van der Waals surface area contributed by atoms with Gasteiger partial charge in [0.05, 0.1) is 44.7 Å². The van der Waals surface area contributed by atoms with Crippen LogP contribution in [0.2, 0.25) is 0 Å². The van der Waals surface area contributed by atoms with E-state index >= 15 is 0 Å². The van der Waals surface area contributed by atoms with Crippen molar-refractivity contribution in [3.8, 4) is 67.7 Å². The minimum absolute atomic E-state index is 0.684. The Morgan fingerprint density at radius 2 is 0.757 bits per heavy atom. The molecule has 0 N–H and O–H groups in total. The van der Waals surface area contributed by atoms with Gasteiger partial charge in [-0.15, -0.1) is 0 Å². The van der Waals surface area contributed by atoms with Gasteiger partial charge >= 0.3 is 0 Å². The summed E-state index contributed by atoms with van der Waals surface area (Å²) in [6.07, 6.45) is 0. The highest BCUT2D eigenvalue weighted by Crippen LogP contribution is 2.41. The smallest absolute Gasteiger partial charge is 0.160 e. The van der Waals surface area contributed by atoms with Gasteiger partial charge in [0.2, 0.25) is 0 Å². The maximum atomic E-state index is 5.49. The van der Waals surface area contributed by atoms with Gasteiger partial charge in [-0.2, -0.15) is 0 Å². The van der Waals surface area contributed by atoms with Gasteiger partial charge in [0.15, 0.2) is 5.82 Å². The molecule has 0 radical (unpaired) electrons. The van der Waals surface area contributed by atoms with Gasteiger partial charge in [0.1, 0.15) is 0 Å². The first-order valence-corrected chi connectivity index (χ1v) is 23.8. The number of nitrogens with zero attached hydrogens (tertiary/aromatic N) is 5. The topological polar surface area (TPSA) is 48.5 Å². The van der Waals surface area contributed by atoms with Gasteiger partial charge in [-0.25, -0.2) is 15.0 Å². The Morgan fingerprint density at radius 1 is 0.243 bits per heavy atom. The Morgan fingerprint density at radius 3 is 1.43 bits per heavy atom. The van der Waals surface area contributed by atoms with E-state index in [0.717, 1.165) is 83.6 Å². The first-order chi connectivity index (χ1) is 34.7. The summed E-state index contributed by atoms with van der Waals surface area (Å²) >= 11 is 0. The number of fused-ring (bicyclic) bond motifs is 9. The molecular formula is C65H41N5. The largest absolute Gasteiger partial charge is 0.309 e. The van der Waals surface area contributed by atoms with Crippen molar-refractivity contribution in [2.75, 3.05) is 0 Å². The molecule has 70 heavy (non-hydrogen) atoms. The van der Waals surface area contributed by atoms with Crippen molar-refractivity contribution in [2.24, 2.45) is 0 Å². The van der Waals surface area contributed by atoms with Crippen LogP contribution in [0.3, 0.4) is 0 Å². The van der Waals surface area contributed by atoms with Crippen LogP contribution < -0.4 is 0 Å². The number of rotatable bonds is 7. The van der Waals surface area contributed by atoms with Gasteiger partial charge in [-0.1, -0.05) is 182 Å². The van der Waals surface area contributed by atoms with E-state index in [1.165, 1.54) is 43.5 Å². The summed E-state index contributed by atoms with van der Waals surface area (Å²) in [7, 11) is 0. The minimum atomic E-state index is 0.684. The third-order valence-electron chi connectivity index (χ3n) is 13.9. The third-order valence-corrected chi connectivity index (χ3v) is 13.9. The molecule has 10 aromatic carbocycles. The van der Waals surface area contributed by atoms with Crippen molar-refractivity contribution in [3.63, 3.8) is 0 Å². The molecule has 0 amide bonds. The third kappa shape index (κ3) is 6.51. The molecule has 0 spiro atoms. The zero-order valence-corrected chi connectivity index (χ0v) is 37.9. The average molecular weight is 892 g/mol. The SMILES string of the molecule is c1ccc(-c2nc(-c3ccc(-c4ccc5c(c4)nc(-c4ccccc4)c4cc6c(cc45)c4ccccc4n6-c4ccccc4)cc3)cc(-c3cccc(-n4c5ccccc5c5ccccc54)c3)n2)cc1. The van der Waals surface area contributed by atoms with Crippen LogP contribution in [0, 0.1) is 0 Å². The van der Waals surface area contributed by atoms with Crippen LogP contribution in [0.4, 0.5) is 0 Å². The molecule has 0 aliphatic heterocycles. The number of para-hydroxylation sites is 4. The lowest BCUT2D eigenvalue weighted by Crippen LogP contribution is -1.98. The first kappa shape index (κ1) is 39.7. The Hall–Kier alpha value is -9.45. The second-order valence-corrected chi connectivity index (χ2v) is 18.0. The van der Waals surface area contributed by atoms with Gasteiger partial charge in [-0.05, 0) is 83.2 Å². The molecule has 0 aliphatic rings. The van der Waals surface area contributed by atoms with Crippen molar-refractivity contribution >= 4 is 65.3 Å². The van der Waals surface area contributed by atoms with E-state index in [9.17, 15) is 0 Å². The quantitative estimate of drug-likeness (QED) is 0.150. The van der Waals surface area contributed by atoms with E-state index < -0.39 is 0 Å². The van der Waals surface area contributed by atoms with Crippen LogP contribution in [0.25, 0.3) is 133 Å². The molecule has 14 aromatic rings. The second-order valence-electron chi connectivity index (χ2n) is 18.0. The Bertz CT molecular complexity index is 4270. The van der Waals surface area contributed by atoms with Crippen LogP contribution in [-0.4, -0.2) is 24.1 Å². The van der Waals surface area contributed by atoms with Crippen LogP contribution in [-0.2, 0) is 0 Å². The molecule has 0 aliphatic carbocycles. The molecule has 326 valence electrons. The zero-order valence-electron chi connectivity index (χ0n) is 37.9. The summed E-state index contributed by atoms with van der Waals surface area (Å²) in [5.41, 5.74) is 16.8. The molecule has 0 saturated carbocycles. The van der Waals surface area contributed by atoms with E-state index in [1.807, 2.05) is 18.2 Å². The normalized spacial score (nSPS) is 11.7. The summed E-state index contributed by atoms with van der Waals surface area (Å²) in [5, 5.41) is 8.35.